The molecule has 4 rings (SSSR count). The van der Waals surface area contributed by atoms with E-state index in [0.717, 1.165) is 0 Å². The van der Waals surface area contributed by atoms with Gasteiger partial charge in [-0.1, -0.05) is 18.2 Å². The first-order valence-corrected chi connectivity index (χ1v) is 9.81. The van der Waals surface area contributed by atoms with Gasteiger partial charge in [0, 0.05) is 72.1 Å². The predicted molar refractivity (Wildman–Crippen MR) is 115 cm³/mol. The van der Waals surface area contributed by atoms with E-state index >= 15 is 0 Å². The number of rotatable bonds is 5. The lowest BCUT2D eigenvalue weighted by atomic mass is 10.0. The van der Waals surface area contributed by atoms with E-state index in [1.54, 1.807) is 36.8 Å². The highest BCUT2D eigenvalue weighted by Gasteiger charge is 2.32. The minimum Gasteiger partial charge on any atom is -0.405 e. The zero-order valence-electron chi connectivity index (χ0n) is 17.6. The van der Waals surface area contributed by atoms with Crippen LogP contribution in [-0.4, -0.2) is 51.3 Å². The lowest BCUT2D eigenvalue weighted by Crippen LogP contribution is -2.28. The van der Waals surface area contributed by atoms with Gasteiger partial charge in [0.15, 0.2) is 6.10 Å². The van der Waals surface area contributed by atoms with E-state index in [9.17, 15) is 23.1 Å². The number of ether oxygens (including phenoxy) is 1. The van der Waals surface area contributed by atoms with E-state index in [4.69, 9.17) is 0 Å². The number of aliphatic hydroxyl groups excluding tert-OH is 1. The van der Waals surface area contributed by atoms with E-state index < -0.39 is 18.4 Å². The lowest BCUT2D eigenvalue weighted by molar-refractivity contribution is -0.274. The molecule has 0 aliphatic rings. The molecule has 1 atom stereocenters. The van der Waals surface area contributed by atoms with Gasteiger partial charge in [-0.25, -0.2) is 4.98 Å². The van der Waals surface area contributed by atoms with Crippen molar-refractivity contribution >= 4 is 16.9 Å². The first-order chi connectivity index (χ1) is 15.6. The maximum atomic E-state index is 12.9. The van der Waals surface area contributed by atoms with Crippen molar-refractivity contribution in [2.45, 2.75) is 12.5 Å². The summed E-state index contributed by atoms with van der Waals surface area (Å²) < 4.78 is 42.8. The topological polar surface area (TPSA) is 91.3 Å². The predicted octanol–water partition coefficient (Wildman–Crippen LogP) is 4.31. The first kappa shape index (κ1) is 22.3. The van der Waals surface area contributed by atoms with Crippen molar-refractivity contribution in [3.05, 3.63) is 66.7 Å². The highest BCUT2D eigenvalue weighted by Crippen LogP contribution is 2.38. The van der Waals surface area contributed by atoms with Gasteiger partial charge in [-0.3, -0.25) is 9.78 Å². The second-order valence-electron chi connectivity index (χ2n) is 7.51. The molecule has 0 aliphatic heterocycles. The molecule has 3 heterocycles. The van der Waals surface area contributed by atoms with Crippen LogP contribution in [0.2, 0.25) is 0 Å². The fourth-order valence-electron chi connectivity index (χ4n) is 3.44. The number of halogens is 3. The fraction of sp³-hybridized carbons (Fsp3) is 0.174. The molecule has 1 amide bonds. The molecule has 7 nitrogen and oxygen atoms in total. The zero-order chi connectivity index (χ0) is 23.8. The first-order valence-electron chi connectivity index (χ1n) is 9.81. The minimum atomic E-state index is -4.83. The standard InChI is InChI=1S/C23H19F3N4O3/c1-30(2)22(32)20(31)15-7-13(9-27-10-15)14-8-17-18(12-29-21(17)28-11-14)16-5-3-4-6-19(16)33-23(24,25)26/h3-12,20,31H,1-2H3,(H,28,29). The Balaban J connectivity index is 1.77. The van der Waals surface area contributed by atoms with Crippen LogP contribution in [-0.2, 0) is 4.79 Å². The molecule has 0 radical (unpaired) electrons. The zero-order valence-corrected chi connectivity index (χ0v) is 17.6. The molecule has 0 spiro atoms. The maximum absolute atomic E-state index is 12.9. The molecule has 170 valence electrons. The van der Waals surface area contributed by atoms with E-state index in [1.165, 1.54) is 43.4 Å². The van der Waals surface area contributed by atoms with Crippen LogP contribution in [0.3, 0.4) is 0 Å². The Bertz CT molecular complexity index is 1320. The summed E-state index contributed by atoms with van der Waals surface area (Å²) in [6, 6.07) is 9.22. The number of amides is 1. The highest BCUT2D eigenvalue weighted by molar-refractivity contribution is 5.97. The Morgan fingerprint density at radius 2 is 1.82 bits per heavy atom. The van der Waals surface area contributed by atoms with Crippen LogP contribution < -0.4 is 4.74 Å². The van der Waals surface area contributed by atoms with E-state index in [0.29, 0.717) is 33.3 Å². The van der Waals surface area contributed by atoms with Gasteiger partial charge >= 0.3 is 6.36 Å². The van der Waals surface area contributed by atoms with Crippen LogP contribution in [0.25, 0.3) is 33.3 Å². The van der Waals surface area contributed by atoms with Gasteiger partial charge in [0.1, 0.15) is 11.4 Å². The normalized spacial score (nSPS) is 12.5. The second kappa shape index (κ2) is 8.55. The Morgan fingerprint density at radius 3 is 2.55 bits per heavy atom. The van der Waals surface area contributed by atoms with Crippen molar-refractivity contribution in [3.63, 3.8) is 0 Å². The van der Waals surface area contributed by atoms with Crippen LogP contribution in [0.4, 0.5) is 13.2 Å². The monoisotopic (exact) mass is 456 g/mol. The van der Waals surface area contributed by atoms with Gasteiger partial charge in [0.25, 0.3) is 5.91 Å². The van der Waals surface area contributed by atoms with Crippen LogP contribution in [0.1, 0.15) is 11.7 Å². The number of aromatic nitrogens is 3. The maximum Gasteiger partial charge on any atom is 0.573 e. The number of aliphatic hydroxyl groups is 1. The smallest absolute Gasteiger partial charge is 0.405 e. The summed E-state index contributed by atoms with van der Waals surface area (Å²) in [5, 5.41) is 10.9. The number of benzene rings is 1. The molecule has 2 N–H and O–H groups in total. The van der Waals surface area contributed by atoms with Gasteiger partial charge < -0.3 is 19.7 Å². The summed E-state index contributed by atoms with van der Waals surface area (Å²) in [4.78, 5) is 24.8. The number of likely N-dealkylation sites (N-methyl/N-ethyl adjacent to an activating group) is 1. The molecule has 0 aliphatic carbocycles. The van der Waals surface area contributed by atoms with Crippen LogP contribution in [0, 0.1) is 0 Å². The highest BCUT2D eigenvalue weighted by atomic mass is 19.4. The summed E-state index contributed by atoms with van der Waals surface area (Å²) in [6.07, 6.45) is -0.128. The van der Waals surface area contributed by atoms with E-state index in [1.807, 2.05) is 0 Å². The van der Waals surface area contributed by atoms with Gasteiger partial charge in [-0.15, -0.1) is 13.2 Å². The third-order valence-electron chi connectivity index (χ3n) is 5.02. The summed E-state index contributed by atoms with van der Waals surface area (Å²) in [5.74, 6) is -0.818. The minimum absolute atomic E-state index is 0.249. The molecule has 33 heavy (non-hydrogen) atoms. The molecule has 0 bridgehead atoms. The number of alkyl halides is 3. The molecule has 0 saturated carbocycles. The number of fused-ring (bicyclic) bond motifs is 1. The molecule has 4 aromatic rings. The van der Waals surface area contributed by atoms with Crippen molar-refractivity contribution in [3.8, 4) is 28.0 Å². The van der Waals surface area contributed by atoms with Gasteiger partial charge in [-0.05, 0) is 18.2 Å². The van der Waals surface area contributed by atoms with Gasteiger partial charge in [-0.2, -0.15) is 0 Å². The average Bonchev–Trinajstić information content (AvgIpc) is 3.20. The number of nitrogens with zero attached hydrogens (tertiary/aromatic N) is 3. The molecule has 3 aromatic heterocycles. The van der Waals surface area contributed by atoms with Crippen molar-refractivity contribution < 1.29 is 27.8 Å². The molecular weight excluding hydrogens is 437 g/mol. The Morgan fingerprint density at radius 1 is 1.09 bits per heavy atom. The third-order valence-corrected chi connectivity index (χ3v) is 5.02. The number of aromatic amines is 1. The van der Waals surface area contributed by atoms with Crippen LogP contribution in [0.5, 0.6) is 5.75 Å². The second-order valence-corrected chi connectivity index (χ2v) is 7.51. The Kier molecular flexibility index (Phi) is 5.77. The number of H-pyrrole nitrogens is 1. The Hall–Kier alpha value is -3.92. The number of carbonyl (C=O) groups excluding carboxylic acids is 1. The van der Waals surface area contributed by atoms with Crippen molar-refractivity contribution in [2.24, 2.45) is 0 Å². The summed E-state index contributed by atoms with van der Waals surface area (Å²) in [7, 11) is 3.07. The Labute approximate surface area is 186 Å². The molecule has 10 heteroatoms. The third kappa shape index (κ3) is 4.65. The van der Waals surface area contributed by atoms with Crippen LogP contribution >= 0.6 is 0 Å². The SMILES string of the molecule is CN(C)C(=O)C(O)c1cncc(-c2cnc3[nH]cc(-c4ccccc4OC(F)(F)F)c3c2)c1. The fourth-order valence-corrected chi connectivity index (χ4v) is 3.44. The quantitative estimate of drug-likeness (QED) is 0.467. The van der Waals surface area contributed by atoms with Crippen LogP contribution in [0.15, 0.2) is 61.2 Å². The number of hydrogen-bond acceptors (Lipinski definition) is 5. The van der Waals surface area contributed by atoms with Crippen molar-refractivity contribution in [1.82, 2.24) is 19.9 Å². The average molecular weight is 456 g/mol. The number of pyridine rings is 2. The number of hydrogen-bond donors (Lipinski definition) is 2. The van der Waals surface area contributed by atoms with Gasteiger partial charge in [0.05, 0.1) is 0 Å². The summed E-state index contributed by atoms with van der Waals surface area (Å²) >= 11 is 0. The van der Waals surface area contributed by atoms with E-state index in [2.05, 4.69) is 19.7 Å². The van der Waals surface area contributed by atoms with Crippen molar-refractivity contribution in [2.75, 3.05) is 14.1 Å². The molecule has 1 unspecified atom stereocenters. The molecular formula is C23H19F3N4O3. The summed E-state index contributed by atoms with van der Waals surface area (Å²) in [5.41, 5.74) is 2.70. The number of carbonyl (C=O) groups is 1. The molecule has 0 saturated heterocycles. The van der Waals surface area contributed by atoms with Crippen molar-refractivity contribution in [1.29, 1.82) is 0 Å². The molecule has 1 aromatic carbocycles. The molecule has 0 fully saturated rings. The summed E-state index contributed by atoms with van der Waals surface area (Å²) in [6.45, 7) is 0. The number of para-hydroxylation sites is 1. The van der Waals surface area contributed by atoms with E-state index in [-0.39, 0.29) is 11.3 Å². The largest absolute Gasteiger partial charge is 0.573 e. The van der Waals surface area contributed by atoms with Gasteiger partial charge in [0.2, 0.25) is 0 Å². The number of nitrogens with one attached hydrogen (secondary N) is 1. The lowest BCUT2D eigenvalue weighted by Gasteiger charge is -2.16.